The van der Waals surface area contributed by atoms with Gasteiger partial charge in [0.2, 0.25) is 5.96 Å². The van der Waals surface area contributed by atoms with Crippen molar-refractivity contribution in [3.8, 4) is 0 Å². The van der Waals surface area contributed by atoms with Crippen LogP contribution in [0.2, 0.25) is 0 Å². The van der Waals surface area contributed by atoms with Crippen molar-refractivity contribution in [2.24, 2.45) is 12.0 Å². The average molecular weight is 640 g/mol. The highest BCUT2D eigenvalue weighted by Gasteiger charge is 2.36. The molecule has 0 aliphatic rings. The van der Waals surface area contributed by atoms with Gasteiger partial charge in [0.1, 0.15) is 22.7 Å². The molecule has 0 radical (unpaired) electrons. The molecular formula is C36H45N7O4. The molecule has 1 heterocycles. The summed E-state index contributed by atoms with van der Waals surface area (Å²) in [5.41, 5.74) is 7.58. The third-order valence-corrected chi connectivity index (χ3v) is 7.06. The molecule has 0 spiro atoms. The number of hydrogen-bond acceptors (Lipinski definition) is 7. The maximum Gasteiger partial charge on any atom is 0.437 e. The summed E-state index contributed by atoms with van der Waals surface area (Å²) in [6, 6.07) is 30.5. The fourth-order valence-electron chi connectivity index (χ4n) is 5.13. The topological polar surface area (TPSA) is 136 Å². The number of aliphatic imine (C=N–C) groups is 1. The Bertz CT molecular complexity index is 1560. The van der Waals surface area contributed by atoms with Gasteiger partial charge in [-0.25, -0.2) is 9.59 Å². The van der Waals surface area contributed by atoms with Crippen molar-refractivity contribution in [3.05, 3.63) is 114 Å². The van der Waals surface area contributed by atoms with Gasteiger partial charge >= 0.3 is 12.2 Å². The zero-order chi connectivity index (χ0) is 34.2. The Kier molecular flexibility index (Phi) is 10.7. The molecule has 4 N–H and O–H groups in total. The molecule has 4 aromatic rings. The largest absolute Gasteiger partial charge is 0.444 e. The van der Waals surface area contributed by atoms with Crippen LogP contribution in [0.5, 0.6) is 0 Å². The van der Waals surface area contributed by atoms with Crippen molar-refractivity contribution < 1.29 is 19.1 Å². The summed E-state index contributed by atoms with van der Waals surface area (Å²) in [5, 5.41) is 10.8. The normalized spacial score (nSPS) is 12.4. The number of carbonyl (C=O) groups excluding carboxylic acids is 2. The summed E-state index contributed by atoms with van der Waals surface area (Å²) in [5.74, 6) is 0.174. The van der Waals surface area contributed by atoms with E-state index in [-0.39, 0.29) is 12.5 Å². The molecule has 47 heavy (non-hydrogen) atoms. The van der Waals surface area contributed by atoms with Gasteiger partial charge in [0.25, 0.3) is 0 Å². The maximum atomic E-state index is 13.1. The van der Waals surface area contributed by atoms with E-state index < -0.39 is 28.9 Å². The fourth-order valence-corrected chi connectivity index (χ4v) is 5.13. The molecule has 11 nitrogen and oxygen atoms in total. The van der Waals surface area contributed by atoms with Crippen LogP contribution in [-0.4, -0.2) is 52.2 Å². The Morgan fingerprint density at radius 1 is 0.809 bits per heavy atom. The molecule has 0 bridgehead atoms. The molecule has 0 saturated heterocycles. The van der Waals surface area contributed by atoms with Crippen LogP contribution in [0.15, 0.2) is 102 Å². The zero-order valence-electron chi connectivity index (χ0n) is 28.2. The van der Waals surface area contributed by atoms with Crippen LogP contribution in [0.3, 0.4) is 0 Å². The first-order chi connectivity index (χ1) is 22.2. The molecular weight excluding hydrogens is 594 g/mol. The van der Waals surface area contributed by atoms with E-state index in [1.165, 1.54) is 4.68 Å². The number of aryl methyl sites for hydroxylation is 1. The van der Waals surface area contributed by atoms with Gasteiger partial charge in [-0.2, -0.15) is 5.10 Å². The minimum absolute atomic E-state index is 0.125. The number of nitrogens with one attached hydrogen (secondary N) is 2. The molecule has 11 heteroatoms. The van der Waals surface area contributed by atoms with Gasteiger partial charge in [-0.05, 0) is 58.2 Å². The summed E-state index contributed by atoms with van der Waals surface area (Å²) in [4.78, 5) is 32.0. The lowest BCUT2D eigenvalue weighted by atomic mass is 9.77. The van der Waals surface area contributed by atoms with Crippen LogP contribution in [0.25, 0.3) is 0 Å². The van der Waals surface area contributed by atoms with E-state index in [1.54, 1.807) is 59.7 Å². The summed E-state index contributed by atoms with van der Waals surface area (Å²) >= 11 is 0. The number of nitrogens with zero attached hydrogens (tertiary/aromatic N) is 4. The van der Waals surface area contributed by atoms with Crippen molar-refractivity contribution in [1.29, 1.82) is 0 Å². The Morgan fingerprint density at radius 2 is 1.28 bits per heavy atom. The smallest absolute Gasteiger partial charge is 0.437 e. The highest BCUT2D eigenvalue weighted by molar-refractivity contribution is 6.08. The fraction of sp³-hybridized carbons (Fsp3) is 0.333. The van der Waals surface area contributed by atoms with Crippen molar-refractivity contribution in [2.75, 3.05) is 23.7 Å². The standard InChI is InChI=1S/C36H45N7O4/c1-34(2,3)46-32(44)40-31(41-33(45)47-35(4,5)6)43(29-25-39-42(7)30(29)37)24-23-38-36(26-17-11-8-12-18-26,27-19-13-9-14-20-27)28-21-15-10-16-22-28/h8-22,25,38H,23-24,37H2,1-7H3,(H,40,41,44,45). The van der Waals surface area contributed by atoms with E-state index in [4.69, 9.17) is 15.2 Å². The molecule has 1 aromatic heterocycles. The predicted molar refractivity (Wildman–Crippen MR) is 185 cm³/mol. The quantitative estimate of drug-likeness (QED) is 0.118. The number of aromatic nitrogens is 2. The maximum absolute atomic E-state index is 13.1. The van der Waals surface area contributed by atoms with E-state index in [0.717, 1.165) is 16.7 Å². The third kappa shape index (κ3) is 8.98. The molecule has 3 aromatic carbocycles. The summed E-state index contributed by atoms with van der Waals surface area (Å²) < 4.78 is 12.5. The van der Waals surface area contributed by atoms with Gasteiger partial charge in [0.15, 0.2) is 0 Å². The van der Waals surface area contributed by atoms with Gasteiger partial charge < -0.3 is 20.1 Å². The van der Waals surface area contributed by atoms with Crippen LogP contribution in [-0.2, 0) is 22.1 Å². The summed E-state index contributed by atoms with van der Waals surface area (Å²) in [6.07, 6.45) is -0.140. The molecule has 248 valence electrons. The van der Waals surface area contributed by atoms with Crippen molar-refractivity contribution in [2.45, 2.75) is 58.3 Å². The Hall–Kier alpha value is -5.16. The second-order valence-corrected chi connectivity index (χ2v) is 13.0. The van der Waals surface area contributed by atoms with Crippen molar-refractivity contribution in [1.82, 2.24) is 20.4 Å². The van der Waals surface area contributed by atoms with E-state index in [9.17, 15) is 9.59 Å². The van der Waals surface area contributed by atoms with Crippen molar-refractivity contribution in [3.63, 3.8) is 0 Å². The van der Waals surface area contributed by atoms with Gasteiger partial charge in [0, 0.05) is 20.1 Å². The molecule has 0 aliphatic heterocycles. The minimum atomic E-state index is -0.892. The van der Waals surface area contributed by atoms with Crippen LogP contribution in [0, 0.1) is 0 Å². The van der Waals surface area contributed by atoms with Crippen LogP contribution < -0.4 is 21.3 Å². The molecule has 0 fully saturated rings. The summed E-state index contributed by atoms with van der Waals surface area (Å²) in [7, 11) is 1.70. The number of rotatable bonds is 8. The van der Waals surface area contributed by atoms with Gasteiger partial charge in [-0.15, -0.1) is 4.99 Å². The lowest BCUT2D eigenvalue weighted by molar-refractivity contribution is 0.0561. The van der Waals surface area contributed by atoms with E-state index in [2.05, 4.69) is 57.1 Å². The first-order valence-electron chi connectivity index (χ1n) is 15.5. The number of ether oxygens (including phenoxy) is 2. The number of amides is 2. The second-order valence-electron chi connectivity index (χ2n) is 13.0. The number of nitrogens with two attached hydrogens (primary N) is 1. The zero-order valence-corrected chi connectivity index (χ0v) is 28.2. The highest BCUT2D eigenvalue weighted by Crippen LogP contribution is 2.36. The number of anilines is 2. The van der Waals surface area contributed by atoms with Gasteiger partial charge in [-0.3, -0.25) is 15.3 Å². The molecule has 2 amide bonds. The Labute approximate surface area is 276 Å². The van der Waals surface area contributed by atoms with Crippen molar-refractivity contribution >= 4 is 29.7 Å². The van der Waals surface area contributed by atoms with E-state index in [1.807, 2.05) is 54.6 Å². The molecule has 0 atom stereocenters. The molecule has 4 rings (SSSR count). The average Bonchev–Trinajstić information content (AvgIpc) is 3.33. The first kappa shape index (κ1) is 34.7. The van der Waals surface area contributed by atoms with Crippen LogP contribution in [0.1, 0.15) is 58.2 Å². The summed E-state index contributed by atoms with van der Waals surface area (Å²) in [6.45, 7) is 11.0. The number of alkyl carbamates (subject to hydrolysis) is 1. The SMILES string of the molecule is Cn1ncc(N(CCNC(c2ccccc2)(c2ccccc2)c2ccccc2)/C(=N/C(=O)OC(C)(C)C)NC(=O)OC(C)(C)C)c1N. The van der Waals surface area contributed by atoms with Gasteiger partial charge in [-0.1, -0.05) is 91.0 Å². The number of nitrogen functional groups attached to an aromatic ring is 1. The number of benzene rings is 3. The second kappa shape index (κ2) is 14.5. The van der Waals surface area contributed by atoms with Gasteiger partial charge in [0.05, 0.1) is 11.7 Å². The minimum Gasteiger partial charge on any atom is -0.444 e. The molecule has 0 aliphatic carbocycles. The first-order valence-corrected chi connectivity index (χ1v) is 15.5. The number of hydrogen-bond donors (Lipinski definition) is 3. The number of carbonyl (C=O) groups is 2. The van der Waals surface area contributed by atoms with E-state index in [0.29, 0.717) is 18.1 Å². The number of guanidine groups is 1. The lowest BCUT2D eigenvalue weighted by Crippen LogP contribution is -2.52. The lowest BCUT2D eigenvalue weighted by Gasteiger charge is -2.38. The third-order valence-electron chi connectivity index (χ3n) is 7.06. The van der Waals surface area contributed by atoms with E-state index >= 15 is 0 Å². The molecule has 0 saturated carbocycles. The highest BCUT2D eigenvalue weighted by atomic mass is 16.6. The Morgan fingerprint density at radius 3 is 1.68 bits per heavy atom. The van der Waals surface area contributed by atoms with Crippen LogP contribution >= 0.6 is 0 Å². The predicted octanol–water partition coefficient (Wildman–Crippen LogP) is 6.21. The molecule has 0 unspecified atom stereocenters. The monoisotopic (exact) mass is 639 g/mol. The Balaban J connectivity index is 1.80. The van der Waals surface area contributed by atoms with Crippen LogP contribution in [0.4, 0.5) is 21.1 Å².